The summed E-state index contributed by atoms with van der Waals surface area (Å²) in [5, 5.41) is 3.21. The summed E-state index contributed by atoms with van der Waals surface area (Å²) in [6.07, 6.45) is 0. The van der Waals surface area contributed by atoms with Gasteiger partial charge in [0.05, 0.1) is 0 Å². The van der Waals surface area contributed by atoms with Crippen molar-refractivity contribution in [3.05, 3.63) is 45.8 Å². The molecule has 0 aromatic heterocycles. The van der Waals surface area contributed by atoms with Gasteiger partial charge in [-0.2, -0.15) is 0 Å². The van der Waals surface area contributed by atoms with E-state index in [2.05, 4.69) is 46.6 Å². The fourth-order valence-corrected chi connectivity index (χ4v) is 10.1. The molecular formula is C19H29FIOPSSi. The van der Waals surface area contributed by atoms with Gasteiger partial charge in [0.1, 0.15) is 0 Å². The molecule has 140 valence electrons. The molecule has 1 atom stereocenters. The van der Waals surface area contributed by atoms with Gasteiger partial charge in [0, 0.05) is 0 Å². The number of methoxy groups -OCH3 is 1. The number of benzene rings is 2. The third-order valence-electron chi connectivity index (χ3n) is 3.96. The molecule has 1 unspecified atom stereocenters. The molecule has 0 saturated heterocycles. The van der Waals surface area contributed by atoms with Gasteiger partial charge in [-0.3, -0.25) is 0 Å². The molecule has 0 saturated carbocycles. The third kappa shape index (κ3) is 5.21. The SMILES string of the molecule is COc1c(Pc2ccccc2F)cc([Si](C)(C)C)cc1I(C)(C)(C)S. The Morgan fingerprint density at radius 3 is 2.12 bits per heavy atom. The average Bonchev–Trinajstić information content (AvgIpc) is 2.46. The Morgan fingerprint density at radius 1 is 1.04 bits per heavy atom. The number of halogens is 2. The second-order valence-electron chi connectivity index (χ2n) is 8.19. The summed E-state index contributed by atoms with van der Waals surface area (Å²) in [6.45, 7) is 7.03. The Bertz CT molecular complexity index is 787. The zero-order valence-electron chi connectivity index (χ0n) is 16.1. The van der Waals surface area contributed by atoms with Crippen LogP contribution in [0.3, 0.4) is 0 Å². The number of ether oxygens (including phenoxy) is 1. The van der Waals surface area contributed by atoms with E-state index in [0.29, 0.717) is 0 Å². The zero-order chi connectivity index (χ0) is 19.1. The first-order valence-corrected chi connectivity index (χ1v) is 23.3. The van der Waals surface area contributed by atoms with E-state index in [0.717, 1.165) is 16.4 Å². The van der Waals surface area contributed by atoms with Crippen molar-refractivity contribution in [2.75, 3.05) is 21.9 Å². The van der Waals surface area contributed by atoms with Crippen molar-refractivity contribution in [1.82, 2.24) is 0 Å². The molecular weight excluding hydrogens is 481 g/mol. The van der Waals surface area contributed by atoms with E-state index in [1.165, 1.54) is 14.8 Å². The van der Waals surface area contributed by atoms with E-state index in [-0.39, 0.29) is 14.4 Å². The quantitative estimate of drug-likeness (QED) is 0.205. The van der Waals surface area contributed by atoms with Crippen LogP contribution in [0.25, 0.3) is 0 Å². The van der Waals surface area contributed by atoms with Gasteiger partial charge in [0.2, 0.25) is 0 Å². The second-order valence-corrected chi connectivity index (χ2v) is 36.8. The zero-order valence-corrected chi connectivity index (χ0v) is 21.1. The van der Waals surface area contributed by atoms with Crippen LogP contribution in [0.4, 0.5) is 4.39 Å². The predicted octanol–water partition coefficient (Wildman–Crippen LogP) is 4.49. The maximum absolute atomic E-state index is 14.2. The molecule has 0 aliphatic rings. The molecule has 6 heteroatoms. The Labute approximate surface area is 159 Å². The Hall–Kier alpha value is -0.103. The first kappa shape index (κ1) is 21.2. The van der Waals surface area contributed by atoms with Crippen LogP contribution >= 0.6 is 34.0 Å². The minimum atomic E-state index is -3.01. The maximum atomic E-state index is 14.2. The molecule has 2 aromatic rings. The van der Waals surface area contributed by atoms with Gasteiger partial charge in [0.25, 0.3) is 0 Å². The molecule has 1 nitrogen and oxygen atoms in total. The van der Waals surface area contributed by atoms with Gasteiger partial charge in [-0.05, 0) is 0 Å². The van der Waals surface area contributed by atoms with Crippen LogP contribution < -0.4 is 20.5 Å². The minimum absolute atomic E-state index is 0.152. The van der Waals surface area contributed by atoms with E-state index in [4.69, 9.17) is 14.5 Å². The van der Waals surface area contributed by atoms with Crippen molar-refractivity contribution in [2.24, 2.45) is 0 Å². The van der Waals surface area contributed by atoms with E-state index in [1.807, 2.05) is 12.1 Å². The summed E-state index contributed by atoms with van der Waals surface area (Å²) in [4.78, 5) is 6.82. The molecule has 0 amide bonds. The van der Waals surface area contributed by atoms with Crippen LogP contribution in [0.5, 0.6) is 5.75 Å². The first-order chi connectivity index (χ1) is 11.3. The van der Waals surface area contributed by atoms with Gasteiger partial charge < -0.3 is 0 Å². The molecule has 0 fully saturated rings. The molecule has 0 aliphatic heterocycles. The second kappa shape index (κ2) is 7.14. The van der Waals surface area contributed by atoms with Crippen molar-refractivity contribution in [1.29, 1.82) is 0 Å². The number of thiol groups is 1. The Balaban J connectivity index is 2.73. The van der Waals surface area contributed by atoms with E-state index in [9.17, 15) is 4.39 Å². The molecule has 2 rings (SSSR count). The molecule has 0 radical (unpaired) electrons. The number of hydrogen-bond acceptors (Lipinski definition) is 2. The summed E-state index contributed by atoms with van der Waals surface area (Å²) in [7, 11) is 5.54. The van der Waals surface area contributed by atoms with Crippen molar-refractivity contribution in [3.63, 3.8) is 0 Å². The van der Waals surface area contributed by atoms with Gasteiger partial charge in [-0.25, -0.2) is 0 Å². The number of hydrogen-bond donors (Lipinski definition) is 1. The monoisotopic (exact) mass is 510 g/mol. The summed E-state index contributed by atoms with van der Waals surface area (Å²) in [6, 6.07) is 11.6. The van der Waals surface area contributed by atoms with Crippen molar-refractivity contribution < 1.29 is 9.13 Å². The fourth-order valence-electron chi connectivity index (χ4n) is 2.52. The topological polar surface area (TPSA) is 9.23 Å². The Morgan fingerprint density at radius 2 is 1.64 bits per heavy atom. The predicted molar refractivity (Wildman–Crippen MR) is 129 cm³/mol. The summed E-state index contributed by atoms with van der Waals surface area (Å²) >= 11 is -3.01. The Kier molecular flexibility index (Phi) is 6.05. The molecule has 2 aromatic carbocycles. The number of alkyl halides is 3. The van der Waals surface area contributed by atoms with Crippen molar-refractivity contribution >= 4 is 57.9 Å². The van der Waals surface area contributed by atoms with Crippen LogP contribution in [-0.2, 0) is 0 Å². The van der Waals surface area contributed by atoms with E-state index in [1.54, 1.807) is 13.2 Å². The van der Waals surface area contributed by atoms with Crippen molar-refractivity contribution in [2.45, 2.75) is 19.6 Å². The van der Waals surface area contributed by atoms with Crippen LogP contribution in [-0.4, -0.2) is 30.0 Å². The molecule has 0 aliphatic carbocycles. The summed E-state index contributed by atoms with van der Waals surface area (Å²) < 4.78 is 21.3. The van der Waals surface area contributed by atoms with E-state index >= 15 is 0 Å². The summed E-state index contributed by atoms with van der Waals surface area (Å²) in [5.74, 6) is 0.751. The third-order valence-corrected chi connectivity index (χ3v) is 13.3. The van der Waals surface area contributed by atoms with E-state index < -0.39 is 23.7 Å². The van der Waals surface area contributed by atoms with Crippen molar-refractivity contribution in [3.8, 4) is 5.75 Å². The molecule has 0 N–H and O–H groups in total. The van der Waals surface area contributed by atoms with Crippen LogP contribution in [0, 0.1) is 9.39 Å². The molecule has 0 heterocycles. The average molecular weight is 510 g/mol. The molecule has 0 spiro atoms. The fraction of sp³-hybridized carbons (Fsp3) is 0.368. The van der Waals surface area contributed by atoms with Crippen LogP contribution in [0.1, 0.15) is 0 Å². The van der Waals surface area contributed by atoms with Gasteiger partial charge in [-0.1, -0.05) is 0 Å². The van der Waals surface area contributed by atoms with Crippen LogP contribution in [0.2, 0.25) is 19.6 Å². The van der Waals surface area contributed by atoms with Gasteiger partial charge in [-0.15, -0.1) is 0 Å². The van der Waals surface area contributed by atoms with Crippen LogP contribution in [0.15, 0.2) is 36.4 Å². The standard InChI is InChI=1S/C19H29FIOPSSi/c1-21(2,3,24)16-12-14(25(5,6)7)13-18(19(16)22-4)23-17-11-9-8-10-15(17)20/h8-13,23-24H,1-7H3. The summed E-state index contributed by atoms with van der Waals surface area (Å²) in [5.41, 5.74) is 0. The molecule has 0 bridgehead atoms. The molecule has 25 heavy (non-hydrogen) atoms. The number of rotatable bonds is 5. The van der Waals surface area contributed by atoms with Gasteiger partial charge >= 0.3 is 160 Å². The first-order valence-electron chi connectivity index (χ1n) is 8.03. The van der Waals surface area contributed by atoms with Gasteiger partial charge in [0.15, 0.2) is 0 Å². The normalized spacial score (nSPS) is 14.5.